The van der Waals surface area contributed by atoms with E-state index in [-0.39, 0.29) is 11.4 Å². The third-order valence-corrected chi connectivity index (χ3v) is 4.32. The summed E-state index contributed by atoms with van der Waals surface area (Å²) < 4.78 is 0. The van der Waals surface area contributed by atoms with Crippen molar-refractivity contribution in [2.24, 2.45) is 5.73 Å². The lowest BCUT2D eigenvalue weighted by atomic mass is 9.81. The smallest absolute Gasteiger partial charge is 0.240 e. The second kappa shape index (κ2) is 4.36. The Hall–Kier alpha value is -0.570. The fourth-order valence-electron chi connectivity index (χ4n) is 3.09. The molecule has 3 nitrogen and oxygen atoms in total. The fourth-order valence-corrected chi connectivity index (χ4v) is 3.09. The van der Waals surface area contributed by atoms with Crippen molar-refractivity contribution in [3.8, 4) is 0 Å². The predicted octanol–water partition coefficient (Wildman–Crippen LogP) is 2.10. The third-order valence-electron chi connectivity index (χ3n) is 4.32. The van der Waals surface area contributed by atoms with Crippen molar-refractivity contribution in [1.29, 1.82) is 0 Å². The van der Waals surface area contributed by atoms with E-state index in [2.05, 4.69) is 12.2 Å². The predicted molar refractivity (Wildman–Crippen MR) is 65.0 cm³/mol. The van der Waals surface area contributed by atoms with E-state index in [1.165, 1.54) is 19.3 Å². The summed E-state index contributed by atoms with van der Waals surface area (Å²) in [6.07, 6.45) is 9.81. The second-order valence-electron chi connectivity index (χ2n) is 5.94. The Morgan fingerprint density at radius 1 is 1.00 bits per heavy atom. The van der Waals surface area contributed by atoms with Gasteiger partial charge in [-0.1, -0.05) is 32.1 Å². The number of amides is 1. The molecule has 3 heteroatoms. The average molecular weight is 224 g/mol. The summed E-state index contributed by atoms with van der Waals surface area (Å²) in [5, 5.41) is 3.20. The quantitative estimate of drug-likeness (QED) is 0.754. The Morgan fingerprint density at radius 2 is 1.50 bits per heavy atom. The molecule has 16 heavy (non-hydrogen) atoms. The third kappa shape index (κ3) is 2.40. The molecular weight excluding hydrogens is 200 g/mol. The summed E-state index contributed by atoms with van der Waals surface area (Å²) >= 11 is 0. The van der Waals surface area contributed by atoms with E-state index >= 15 is 0 Å². The summed E-state index contributed by atoms with van der Waals surface area (Å²) in [5.41, 5.74) is 5.66. The Morgan fingerprint density at radius 3 is 2.06 bits per heavy atom. The van der Waals surface area contributed by atoms with Gasteiger partial charge in [-0.15, -0.1) is 0 Å². The number of hydrogen-bond acceptors (Lipinski definition) is 2. The van der Waals surface area contributed by atoms with Crippen LogP contribution in [-0.4, -0.2) is 17.0 Å². The largest absolute Gasteiger partial charge is 0.349 e. The Balaban J connectivity index is 1.96. The molecule has 92 valence electrons. The first-order valence-corrected chi connectivity index (χ1v) is 6.66. The molecule has 0 unspecified atom stereocenters. The topological polar surface area (TPSA) is 55.1 Å². The average Bonchev–Trinajstić information content (AvgIpc) is 2.66. The minimum atomic E-state index is -0.580. The molecule has 0 aromatic rings. The van der Waals surface area contributed by atoms with Crippen molar-refractivity contribution in [2.45, 2.75) is 75.8 Å². The number of nitrogens with two attached hydrogens (primary N) is 1. The molecule has 0 radical (unpaired) electrons. The van der Waals surface area contributed by atoms with Gasteiger partial charge >= 0.3 is 0 Å². The first-order valence-electron chi connectivity index (χ1n) is 6.66. The Labute approximate surface area is 98.2 Å². The van der Waals surface area contributed by atoms with Crippen LogP contribution in [0.3, 0.4) is 0 Å². The number of carbonyl (C=O) groups excluding carboxylic acids is 1. The summed E-state index contributed by atoms with van der Waals surface area (Å²) in [7, 11) is 0. The van der Waals surface area contributed by atoms with Gasteiger partial charge in [-0.05, 0) is 32.6 Å². The molecule has 0 aliphatic heterocycles. The zero-order valence-electron chi connectivity index (χ0n) is 10.3. The molecule has 2 aliphatic rings. The highest BCUT2D eigenvalue weighted by molar-refractivity contribution is 5.86. The van der Waals surface area contributed by atoms with Crippen molar-refractivity contribution in [1.82, 2.24) is 5.32 Å². The van der Waals surface area contributed by atoms with Gasteiger partial charge in [0.2, 0.25) is 5.91 Å². The maximum Gasteiger partial charge on any atom is 0.240 e. The van der Waals surface area contributed by atoms with Crippen LogP contribution in [0, 0.1) is 0 Å². The van der Waals surface area contributed by atoms with Gasteiger partial charge in [0.15, 0.2) is 0 Å². The maximum atomic E-state index is 12.2. The van der Waals surface area contributed by atoms with Gasteiger partial charge in [0, 0.05) is 5.54 Å². The highest BCUT2D eigenvalue weighted by atomic mass is 16.2. The molecule has 2 fully saturated rings. The van der Waals surface area contributed by atoms with E-state index in [0.717, 1.165) is 38.5 Å². The van der Waals surface area contributed by atoms with Crippen LogP contribution in [0.25, 0.3) is 0 Å². The van der Waals surface area contributed by atoms with Crippen molar-refractivity contribution in [3.05, 3.63) is 0 Å². The van der Waals surface area contributed by atoms with Crippen molar-refractivity contribution in [2.75, 3.05) is 0 Å². The van der Waals surface area contributed by atoms with Gasteiger partial charge in [0.1, 0.15) is 0 Å². The van der Waals surface area contributed by atoms with Crippen LogP contribution in [0.1, 0.15) is 64.7 Å². The molecule has 3 N–H and O–H groups in total. The van der Waals surface area contributed by atoms with Gasteiger partial charge in [0.25, 0.3) is 0 Å². The SMILES string of the molecule is CC1(NC(=O)C2(N)CCCCC2)CCCC1. The van der Waals surface area contributed by atoms with Gasteiger partial charge < -0.3 is 11.1 Å². The summed E-state index contributed by atoms with van der Waals surface area (Å²) in [6.45, 7) is 2.16. The summed E-state index contributed by atoms with van der Waals surface area (Å²) in [5.74, 6) is 0.0941. The van der Waals surface area contributed by atoms with Gasteiger partial charge in [-0.25, -0.2) is 0 Å². The molecule has 0 bridgehead atoms. The van der Waals surface area contributed by atoms with Crippen LogP contribution in [0.15, 0.2) is 0 Å². The molecule has 0 spiro atoms. The first kappa shape index (κ1) is 11.9. The van der Waals surface area contributed by atoms with E-state index in [4.69, 9.17) is 5.73 Å². The van der Waals surface area contributed by atoms with Crippen LogP contribution in [0.2, 0.25) is 0 Å². The Kier molecular flexibility index (Phi) is 3.24. The molecule has 0 heterocycles. The Bertz CT molecular complexity index is 263. The van der Waals surface area contributed by atoms with E-state index in [1.54, 1.807) is 0 Å². The number of hydrogen-bond donors (Lipinski definition) is 2. The second-order valence-corrected chi connectivity index (χ2v) is 5.94. The van der Waals surface area contributed by atoms with E-state index in [0.29, 0.717) is 0 Å². The first-order chi connectivity index (χ1) is 7.54. The zero-order chi connectivity index (χ0) is 11.6. The molecule has 0 aromatic carbocycles. The molecule has 1 amide bonds. The van der Waals surface area contributed by atoms with Crippen LogP contribution in [0.5, 0.6) is 0 Å². The molecule has 0 saturated heterocycles. The molecule has 0 aromatic heterocycles. The molecular formula is C13H24N2O. The summed E-state index contributed by atoms with van der Waals surface area (Å²) in [4.78, 5) is 12.2. The molecule has 2 aliphatic carbocycles. The van der Waals surface area contributed by atoms with Gasteiger partial charge in [0.05, 0.1) is 5.54 Å². The lowest BCUT2D eigenvalue weighted by Gasteiger charge is -2.36. The monoisotopic (exact) mass is 224 g/mol. The number of carbonyl (C=O) groups is 1. The molecule has 2 saturated carbocycles. The van der Waals surface area contributed by atoms with Crippen LogP contribution < -0.4 is 11.1 Å². The normalized spacial score (nSPS) is 27.6. The number of nitrogens with one attached hydrogen (secondary N) is 1. The molecule has 0 atom stereocenters. The van der Waals surface area contributed by atoms with Crippen molar-refractivity contribution >= 4 is 5.91 Å². The number of rotatable bonds is 2. The minimum Gasteiger partial charge on any atom is -0.349 e. The molecule has 2 rings (SSSR count). The zero-order valence-corrected chi connectivity index (χ0v) is 10.3. The van der Waals surface area contributed by atoms with E-state index in [1.807, 2.05) is 0 Å². The maximum absolute atomic E-state index is 12.2. The van der Waals surface area contributed by atoms with Crippen LogP contribution in [-0.2, 0) is 4.79 Å². The van der Waals surface area contributed by atoms with Gasteiger partial charge in [-0.3, -0.25) is 4.79 Å². The lowest BCUT2D eigenvalue weighted by molar-refractivity contribution is -0.129. The van der Waals surface area contributed by atoms with Crippen molar-refractivity contribution in [3.63, 3.8) is 0 Å². The highest BCUT2D eigenvalue weighted by Crippen LogP contribution is 2.31. The fraction of sp³-hybridized carbons (Fsp3) is 0.923. The lowest BCUT2D eigenvalue weighted by Crippen LogP contribution is -2.59. The van der Waals surface area contributed by atoms with Crippen LogP contribution >= 0.6 is 0 Å². The van der Waals surface area contributed by atoms with E-state index < -0.39 is 5.54 Å². The highest BCUT2D eigenvalue weighted by Gasteiger charge is 2.39. The van der Waals surface area contributed by atoms with Gasteiger partial charge in [-0.2, -0.15) is 0 Å². The van der Waals surface area contributed by atoms with Crippen molar-refractivity contribution < 1.29 is 4.79 Å². The minimum absolute atomic E-state index is 0.0148. The van der Waals surface area contributed by atoms with Crippen LogP contribution in [0.4, 0.5) is 0 Å². The summed E-state index contributed by atoms with van der Waals surface area (Å²) in [6, 6.07) is 0. The van der Waals surface area contributed by atoms with E-state index in [9.17, 15) is 4.79 Å². The standard InChI is InChI=1S/C13H24N2O/c1-12(7-5-6-8-12)15-11(16)13(14)9-3-2-4-10-13/h2-10,14H2,1H3,(H,15,16).